The zero-order valence-corrected chi connectivity index (χ0v) is 9.79. The van der Waals surface area contributed by atoms with Crippen LogP contribution in [-0.4, -0.2) is 9.97 Å². The topological polar surface area (TPSA) is 63.8 Å². The maximum absolute atomic E-state index is 13.2. The molecule has 0 aliphatic heterocycles. The number of aromatic nitrogens is 2. The van der Waals surface area contributed by atoms with Crippen LogP contribution < -0.4 is 11.1 Å². The van der Waals surface area contributed by atoms with Gasteiger partial charge in [-0.1, -0.05) is 11.6 Å². The second-order valence-corrected chi connectivity index (χ2v) is 3.94. The van der Waals surface area contributed by atoms with E-state index < -0.39 is 0 Å². The average Bonchev–Trinajstić information content (AvgIpc) is 2.23. The van der Waals surface area contributed by atoms with Crippen molar-refractivity contribution in [3.8, 4) is 0 Å². The van der Waals surface area contributed by atoms with E-state index >= 15 is 0 Å². The molecule has 0 unspecified atom stereocenters. The minimum Gasteiger partial charge on any atom is -0.382 e. The summed E-state index contributed by atoms with van der Waals surface area (Å²) >= 11 is 5.92. The molecule has 1 aromatic heterocycles. The smallest absolute Gasteiger partial charge is 0.154 e. The Labute approximate surface area is 103 Å². The van der Waals surface area contributed by atoms with E-state index in [0.717, 1.165) is 5.56 Å². The summed E-state index contributed by atoms with van der Waals surface area (Å²) in [7, 11) is 0. The van der Waals surface area contributed by atoms with Gasteiger partial charge in [-0.15, -0.1) is 0 Å². The highest BCUT2D eigenvalue weighted by Crippen LogP contribution is 2.27. The fraction of sp³-hybridized carbons (Fsp3) is 0.0909. The molecule has 0 atom stereocenters. The molecule has 2 rings (SSSR count). The van der Waals surface area contributed by atoms with E-state index in [2.05, 4.69) is 15.3 Å². The van der Waals surface area contributed by atoms with Crippen molar-refractivity contribution in [2.75, 3.05) is 11.1 Å². The van der Waals surface area contributed by atoms with Crippen LogP contribution in [0.1, 0.15) is 5.56 Å². The molecule has 1 heterocycles. The van der Waals surface area contributed by atoms with E-state index in [0.29, 0.717) is 11.5 Å². The Morgan fingerprint density at radius 2 is 2.06 bits per heavy atom. The maximum atomic E-state index is 13.2. The molecule has 0 fully saturated rings. The van der Waals surface area contributed by atoms with Gasteiger partial charge in [0, 0.05) is 5.69 Å². The first-order chi connectivity index (χ1) is 8.06. The fourth-order valence-electron chi connectivity index (χ4n) is 1.42. The molecule has 0 aliphatic rings. The standard InChI is InChI=1S/C11H10ClFN4/c1-6-2-7(13)4-8(3-6)17-11-9(12)10(14)15-5-16-11/h2-5H,1H3,(H3,14,15,16,17). The van der Waals surface area contributed by atoms with Crippen molar-refractivity contribution in [3.05, 3.63) is 40.9 Å². The van der Waals surface area contributed by atoms with Gasteiger partial charge in [-0.05, 0) is 30.7 Å². The lowest BCUT2D eigenvalue weighted by Gasteiger charge is -2.08. The number of nitrogen functional groups attached to an aromatic ring is 1. The summed E-state index contributed by atoms with van der Waals surface area (Å²) in [6, 6.07) is 4.56. The van der Waals surface area contributed by atoms with Crippen molar-refractivity contribution in [3.63, 3.8) is 0 Å². The lowest BCUT2D eigenvalue weighted by atomic mass is 10.2. The van der Waals surface area contributed by atoms with Crippen LogP contribution in [0.4, 0.5) is 21.7 Å². The number of hydrogen-bond acceptors (Lipinski definition) is 4. The van der Waals surface area contributed by atoms with Crippen LogP contribution >= 0.6 is 11.6 Å². The van der Waals surface area contributed by atoms with Crippen molar-refractivity contribution in [1.82, 2.24) is 9.97 Å². The van der Waals surface area contributed by atoms with E-state index in [4.69, 9.17) is 17.3 Å². The van der Waals surface area contributed by atoms with Crippen LogP contribution in [0.3, 0.4) is 0 Å². The summed E-state index contributed by atoms with van der Waals surface area (Å²) in [5.41, 5.74) is 6.89. The monoisotopic (exact) mass is 252 g/mol. The molecule has 0 bridgehead atoms. The van der Waals surface area contributed by atoms with Gasteiger partial charge in [-0.2, -0.15) is 0 Å². The number of nitrogens with two attached hydrogens (primary N) is 1. The van der Waals surface area contributed by atoms with Gasteiger partial charge in [0.05, 0.1) is 0 Å². The third-order valence-electron chi connectivity index (χ3n) is 2.12. The number of rotatable bonds is 2. The van der Waals surface area contributed by atoms with Crippen molar-refractivity contribution in [1.29, 1.82) is 0 Å². The minimum atomic E-state index is -0.328. The van der Waals surface area contributed by atoms with E-state index in [-0.39, 0.29) is 16.7 Å². The van der Waals surface area contributed by atoms with Gasteiger partial charge in [-0.25, -0.2) is 14.4 Å². The van der Waals surface area contributed by atoms with Gasteiger partial charge in [-0.3, -0.25) is 0 Å². The van der Waals surface area contributed by atoms with Crippen molar-refractivity contribution >= 4 is 28.9 Å². The maximum Gasteiger partial charge on any atom is 0.154 e. The van der Waals surface area contributed by atoms with Crippen molar-refractivity contribution < 1.29 is 4.39 Å². The highest BCUT2D eigenvalue weighted by atomic mass is 35.5. The van der Waals surface area contributed by atoms with Gasteiger partial charge in [0.15, 0.2) is 5.82 Å². The summed E-state index contributed by atoms with van der Waals surface area (Å²) in [5, 5.41) is 3.11. The molecule has 0 saturated carbocycles. The number of hydrogen-bond donors (Lipinski definition) is 2. The highest BCUT2D eigenvalue weighted by molar-refractivity contribution is 6.35. The number of nitrogens with zero attached hydrogens (tertiary/aromatic N) is 2. The van der Waals surface area contributed by atoms with Crippen LogP contribution in [0, 0.1) is 12.7 Å². The van der Waals surface area contributed by atoms with Crippen molar-refractivity contribution in [2.24, 2.45) is 0 Å². The Kier molecular flexibility index (Phi) is 3.10. The van der Waals surface area contributed by atoms with Gasteiger partial charge >= 0.3 is 0 Å². The van der Waals surface area contributed by atoms with Crippen molar-refractivity contribution in [2.45, 2.75) is 6.92 Å². The molecule has 0 saturated heterocycles. The summed E-state index contributed by atoms with van der Waals surface area (Å²) in [6.07, 6.45) is 1.29. The number of aryl methyl sites for hydroxylation is 1. The second-order valence-electron chi connectivity index (χ2n) is 3.56. The number of benzene rings is 1. The lowest BCUT2D eigenvalue weighted by Crippen LogP contribution is -2.00. The van der Waals surface area contributed by atoms with Crippen LogP contribution in [0.25, 0.3) is 0 Å². The predicted molar refractivity (Wildman–Crippen MR) is 65.9 cm³/mol. The van der Waals surface area contributed by atoms with Crippen LogP contribution in [0.5, 0.6) is 0 Å². The van der Waals surface area contributed by atoms with E-state index in [1.807, 2.05) is 0 Å². The Morgan fingerprint density at radius 3 is 2.76 bits per heavy atom. The molecule has 3 N–H and O–H groups in total. The molecule has 0 spiro atoms. The number of nitrogens with one attached hydrogen (secondary N) is 1. The molecule has 17 heavy (non-hydrogen) atoms. The largest absolute Gasteiger partial charge is 0.382 e. The molecule has 0 amide bonds. The summed E-state index contributed by atoms with van der Waals surface area (Å²) < 4.78 is 13.2. The quantitative estimate of drug-likeness (QED) is 0.863. The lowest BCUT2D eigenvalue weighted by molar-refractivity contribution is 0.627. The Balaban J connectivity index is 2.34. The Hall–Kier alpha value is -1.88. The zero-order chi connectivity index (χ0) is 12.4. The average molecular weight is 253 g/mol. The first-order valence-electron chi connectivity index (χ1n) is 4.86. The van der Waals surface area contributed by atoms with E-state index in [1.54, 1.807) is 13.0 Å². The molecule has 6 heteroatoms. The summed E-state index contributed by atoms with van der Waals surface area (Å²) in [5.74, 6) is 0.201. The fourth-order valence-corrected chi connectivity index (χ4v) is 1.56. The molecular weight excluding hydrogens is 243 g/mol. The number of anilines is 3. The second kappa shape index (κ2) is 4.55. The third-order valence-corrected chi connectivity index (χ3v) is 2.49. The van der Waals surface area contributed by atoms with Gasteiger partial charge in [0.25, 0.3) is 0 Å². The number of halogens is 2. The molecule has 88 valence electrons. The first-order valence-corrected chi connectivity index (χ1v) is 5.24. The molecular formula is C11H10ClFN4. The van der Waals surface area contributed by atoms with Crippen LogP contribution in [0.2, 0.25) is 5.02 Å². The SMILES string of the molecule is Cc1cc(F)cc(Nc2ncnc(N)c2Cl)c1. The van der Waals surface area contributed by atoms with Crippen LogP contribution in [-0.2, 0) is 0 Å². The first kappa shape index (κ1) is 11.6. The van der Waals surface area contributed by atoms with Gasteiger partial charge < -0.3 is 11.1 Å². The summed E-state index contributed by atoms with van der Waals surface area (Å²) in [4.78, 5) is 7.67. The van der Waals surface area contributed by atoms with E-state index in [9.17, 15) is 4.39 Å². The van der Waals surface area contributed by atoms with Crippen LogP contribution in [0.15, 0.2) is 24.5 Å². The highest BCUT2D eigenvalue weighted by Gasteiger charge is 2.07. The molecule has 0 radical (unpaired) electrons. The van der Waals surface area contributed by atoms with E-state index in [1.165, 1.54) is 18.5 Å². The molecule has 1 aromatic carbocycles. The summed E-state index contributed by atoms with van der Waals surface area (Å²) in [6.45, 7) is 1.80. The Bertz CT molecular complexity index is 539. The molecule has 4 nitrogen and oxygen atoms in total. The normalized spacial score (nSPS) is 10.3. The predicted octanol–water partition coefficient (Wildman–Crippen LogP) is 2.90. The third kappa shape index (κ3) is 2.62. The molecule has 2 aromatic rings. The zero-order valence-electron chi connectivity index (χ0n) is 9.04. The minimum absolute atomic E-state index is 0.178. The van der Waals surface area contributed by atoms with Gasteiger partial charge in [0.2, 0.25) is 0 Å². The molecule has 0 aliphatic carbocycles. The van der Waals surface area contributed by atoms with Gasteiger partial charge in [0.1, 0.15) is 23.0 Å². The Morgan fingerprint density at radius 1 is 1.29 bits per heavy atom.